The highest BCUT2D eigenvalue weighted by Crippen LogP contribution is 2.13. The Bertz CT molecular complexity index is 161. The van der Waals surface area contributed by atoms with Gasteiger partial charge in [-0.25, -0.2) is 0 Å². The summed E-state index contributed by atoms with van der Waals surface area (Å²) in [6, 6.07) is 0. The summed E-state index contributed by atoms with van der Waals surface area (Å²) in [6.07, 6.45) is 0. The molecule has 0 aromatic carbocycles. The first-order chi connectivity index (χ1) is 4.63. The lowest BCUT2D eigenvalue weighted by atomic mass is 9.96. The molecule has 4 nitrogen and oxygen atoms in total. The molecule has 1 saturated heterocycles. The van der Waals surface area contributed by atoms with Crippen molar-refractivity contribution in [1.29, 1.82) is 0 Å². The van der Waals surface area contributed by atoms with Crippen molar-refractivity contribution in [2.75, 3.05) is 0 Å². The van der Waals surface area contributed by atoms with Crippen molar-refractivity contribution in [1.82, 2.24) is 10.9 Å². The molecule has 10 heavy (non-hydrogen) atoms. The molecule has 56 valence electrons. The third kappa shape index (κ3) is 0.964. The average Bonchev–Trinajstić information content (AvgIpc) is 2.11. The van der Waals surface area contributed by atoms with Crippen LogP contribution in [-0.2, 0) is 9.59 Å². The zero-order valence-electron chi connectivity index (χ0n) is 5.97. The number of hydrogen-bond acceptors (Lipinski definition) is 2. The summed E-state index contributed by atoms with van der Waals surface area (Å²) in [5, 5.41) is 0. The molecule has 0 aromatic heterocycles. The summed E-state index contributed by atoms with van der Waals surface area (Å²) in [5.41, 5.74) is 4.52. The van der Waals surface area contributed by atoms with Gasteiger partial charge < -0.3 is 0 Å². The topological polar surface area (TPSA) is 58.2 Å². The van der Waals surface area contributed by atoms with Gasteiger partial charge in [0.05, 0.1) is 0 Å². The highest BCUT2D eigenvalue weighted by molar-refractivity contribution is 6.05. The van der Waals surface area contributed by atoms with E-state index in [2.05, 4.69) is 10.9 Å². The highest BCUT2D eigenvalue weighted by atomic mass is 16.2. The summed E-state index contributed by atoms with van der Waals surface area (Å²) in [5.74, 6) is -0.873. The number of carbonyl (C=O) groups excluding carboxylic acids is 2. The number of nitrogens with one attached hydrogen (secondary N) is 2. The minimum absolute atomic E-state index is 0.0718. The Balaban J connectivity index is 2.72. The van der Waals surface area contributed by atoms with Gasteiger partial charge in [0.15, 0.2) is 0 Å². The van der Waals surface area contributed by atoms with Crippen LogP contribution in [0.4, 0.5) is 0 Å². The van der Waals surface area contributed by atoms with E-state index in [1.54, 1.807) is 0 Å². The van der Waals surface area contributed by atoms with Gasteiger partial charge in [0.1, 0.15) is 5.92 Å². The van der Waals surface area contributed by atoms with Gasteiger partial charge in [-0.3, -0.25) is 20.4 Å². The van der Waals surface area contributed by atoms with Crippen LogP contribution in [0.5, 0.6) is 0 Å². The zero-order valence-corrected chi connectivity index (χ0v) is 5.97. The lowest BCUT2D eigenvalue weighted by Gasteiger charge is -2.05. The fourth-order valence-corrected chi connectivity index (χ4v) is 1.00. The summed E-state index contributed by atoms with van der Waals surface area (Å²) in [4.78, 5) is 21.7. The van der Waals surface area contributed by atoms with Crippen molar-refractivity contribution in [2.24, 2.45) is 11.8 Å². The van der Waals surface area contributed by atoms with Gasteiger partial charge in [0, 0.05) is 0 Å². The van der Waals surface area contributed by atoms with E-state index < -0.39 is 5.92 Å². The maximum absolute atomic E-state index is 10.8. The molecule has 0 radical (unpaired) electrons. The molecule has 4 heteroatoms. The van der Waals surface area contributed by atoms with Crippen molar-refractivity contribution in [3.05, 3.63) is 0 Å². The third-order valence-corrected chi connectivity index (χ3v) is 1.54. The number of hydrazine groups is 1. The standard InChI is InChI=1S/C6H10N2O2/c1-3(2)4-5(9)7-8-6(4)10/h3-4H,1-2H3,(H,7,9)(H,8,10). The maximum Gasteiger partial charge on any atom is 0.251 e. The highest BCUT2D eigenvalue weighted by Gasteiger charge is 2.35. The molecule has 1 aliphatic rings. The Labute approximate surface area is 59.0 Å². The maximum atomic E-state index is 10.8. The van der Waals surface area contributed by atoms with E-state index in [1.807, 2.05) is 13.8 Å². The summed E-state index contributed by atoms with van der Waals surface area (Å²) in [7, 11) is 0. The van der Waals surface area contributed by atoms with Gasteiger partial charge in [-0.2, -0.15) is 0 Å². The van der Waals surface area contributed by atoms with Crippen molar-refractivity contribution < 1.29 is 9.59 Å². The van der Waals surface area contributed by atoms with Crippen LogP contribution in [0, 0.1) is 11.8 Å². The van der Waals surface area contributed by atoms with Crippen LogP contribution in [-0.4, -0.2) is 11.8 Å². The molecule has 2 amide bonds. The Morgan fingerprint density at radius 2 is 1.60 bits per heavy atom. The van der Waals surface area contributed by atoms with E-state index in [9.17, 15) is 9.59 Å². The second-order valence-electron chi connectivity index (χ2n) is 2.70. The predicted molar refractivity (Wildman–Crippen MR) is 34.6 cm³/mol. The van der Waals surface area contributed by atoms with Gasteiger partial charge in [-0.1, -0.05) is 13.8 Å². The first-order valence-electron chi connectivity index (χ1n) is 3.22. The molecule has 1 fully saturated rings. The Kier molecular flexibility index (Phi) is 1.61. The van der Waals surface area contributed by atoms with Gasteiger partial charge >= 0.3 is 0 Å². The molecule has 0 atom stereocenters. The predicted octanol–water partition coefficient (Wildman–Crippen LogP) is -0.580. The fourth-order valence-electron chi connectivity index (χ4n) is 1.00. The van der Waals surface area contributed by atoms with E-state index in [0.717, 1.165) is 0 Å². The molecule has 1 heterocycles. The first kappa shape index (κ1) is 7.05. The third-order valence-electron chi connectivity index (χ3n) is 1.54. The van der Waals surface area contributed by atoms with Crippen LogP contribution >= 0.6 is 0 Å². The Morgan fingerprint density at radius 1 is 1.20 bits per heavy atom. The number of carbonyl (C=O) groups is 2. The molecule has 0 aromatic rings. The second-order valence-corrected chi connectivity index (χ2v) is 2.70. The van der Waals surface area contributed by atoms with Crippen LogP contribution < -0.4 is 10.9 Å². The molecule has 1 rings (SSSR count). The van der Waals surface area contributed by atoms with Gasteiger partial charge in [0.25, 0.3) is 11.8 Å². The fraction of sp³-hybridized carbons (Fsp3) is 0.667. The summed E-state index contributed by atoms with van der Waals surface area (Å²) in [6.45, 7) is 3.68. The van der Waals surface area contributed by atoms with Gasteiger partial charge in [-0.15, -0.1) is 0 Å². The molecular weight excluding hydrogens is 132 g/mol. The van der Waals surface area contributed by atoms with Gasteiger partial charge in [-0.05, 0) is 5.92 Å². The van der Waals surface area contributed by atoms with Crippen molar-refractivity contribution in [2.45, 2.75) is 13.8 Å². The average molecular weight is 142 g/mol. The molecule has 2 N–H and O–H groups in total. The Hall–Kier alpha value is -1.06. The van der Waals surface area contributed by atoms with Crippen molar-refractivity contribution >= 4 is 11.8 Å². The molecule has 0 bridgehead atoms. The van der Waals surface area contributed by atoms with Crippen LogP contribution in [0.3, 0.4) is 0 Å². The zero-order chi connectivity index (χ0) is 7.72. The normalized spacial score (nSPS) is 19.5. The number of hydrogen-bond donors (Lipinski definition) is 2. The van der Waals surface area contributed by atoms with Crippen LogP contribution in [0.25, 0.3) is 0 Å². The quantitative estimate of drug-likeness (QED) is 0.481. The first-order valence-corrected chi connectivity index (χ1v) is 3.22. The minimum Gasteiger partial charge on any atom is -0.272 e. The smallest absolute Gasteiger partial charge is 0.251 e. The minimum atomic E-state index is -0.500. The van der Waals surface area contributed by atoms with Crippen LogP contribution in [0.2, 0.25) is 0 Å². The van der Waals surface area contributed by atoms with Crippen molar-refractivity contribution in [3.63, 3.8) is 0 Å². The number of amides is 2. The molecule has 0 unspecified atom stereocenters. The van der Waals surface area contributed by atoms with Crippen molar-refractivity contribution in [3.8, 4) is 0 Å². The number of rotatable bonds is 1. The van der Waals surface area contributed by atoms with Crippen LogP contribution in [0.1, 0.15) is 13.8 Å². The molecule has 0 saturated carbocycles. The molecule has 0 spiro atoms. The molecule has 0 aliphatic carbocycles. The summed E-state index contributed by atoms with van der Waals surface area (Å²) < 4.78 is 0. The molecule has 1 aliphatic heterocycles. The summed E-state index contributed by atoms with van der Waals surface area (Å²) >= 11 is 0. The second kappa shape index (κ2) is 2.28. The Morgan fingerprint density at radius 3 is 1.80 bits per heavy atom. The van der Waals surface area contributed by atoms with Crippen LogP contribution in [0.15, 0.2) is 0 Å². The SMILES string of the molecule is CC(C)C1C(=O)NNC1=O. The van der Waals surface area contributed by atoms with E-state index in [0.29, 0.717) is 0 Å². The van der Waals surface area contributed by atoms with E-state index >= 15 is 0 Å². The van der Waals surface area contributed by atoms with E-state index in [-0.39, 0.29) is 17.7 Å². The van der Waals surface area contributed by atoms with E-state index in [1.165, 1.54) is 0 Å². The molecular formula is C6H10N2O2. The van der Waals surface area contributed by atoms with Gasteiger partial charge in [0.2, 0.25) is 0 Å². The lowest BCUT2D eigenvalue weighted by Crippen LogP contribution is -2.28. The largest absolute Gasteiger partial charge is 0.272 e. The van der Waals surface area contributed by atoms with E-state index in [4.69, 9.17) is 0 Å². The monoisotopic (exact) mass is 142 g/mol. The lowest BCUT2D eigenvalue weighted by molar-refractivity contribution is -0.129.